The lowest BCUT2D eigenvalue weighted by molar-refractivity contribution is 0.0686. The Hall–Kier alpha value is -2.95. The van der Waals surface area contributed by atoms with Crippen molar-refractivity contribution >= 4 is 16.8 Å². The van der Waals surface area contributed by atoms with E-state index in [-0.39, 0.29) is 11.6 Å². The van der Waals surface area contributed by atoms with Crippen LogP contribution in [0.15, 0.2) is 59.4 Å². The van der Waals surface area contributed by atoms with Crippen LogP contribution in [0.2, 0.25) is 0 Å². The maximum atomic E-state index is 12.9. The number of hydrogen-bond acceptors (Lipinski definition) is 3. The second kappa shape index (κ2) is 7.12. The van der Waals surface area contributed by atoms with Gasteiger partial charge in [-0.2, -0.15) is 4.98 Å². The maximum Gasteiger partial charge on any atom is 0.346 e. The number of likely N-dealkylation sites (tertiary alicyclic amines) is 1. The molecule has 0 aliphatic carbocycles. The lowest BCUT2D eigenvalue weighted by Gasteiger charge is -2.32. The van der Waals surface area contributed by atoms with Gasteiger partial charge in [0.25, 0.3) is 5.91 Å². The number of aromatic amines is 1. The summed E-state index contributed by atoms with van der Waals surface area (Å²) < 4.78 is 0. The second-order valence-electron chi connectivity index (χ2n) is 6.86. The minimum atomic E-state index is -0.481. The molecule has 1 fully saturated rings. The number of carbonyl (C=O) groups excluding carboxylic acids is 1. The van der Waals surface area contributed by atoms with Crippen LogP contribution in [0, 0.1) is 5.92 Å². The normalized spacial score (nSPS) is 15.3. The highest BCUT2D eigenvalue weighted by Gasteiger charge is 2.26. The number of nitrogens with zero attached hydrogens (tertiary/aromatic N) is 2. The van der Waals surface area contributed by atoms with Gasteiger partial charge in [-0.05, 0) is 36.8 Å². The van der Waals surface area contributed by atoms with Crippen LogP contribution in [0.5, 0.6) is 0 Å². The number of benzene rings is 2. The summed E-state index contributed by atoms with van der Waals surface area (Å²) in [6, 6.07) is 17.8. The molecule has 5 heteroatoms. The van der Waals surface area contributed by atoms with Gasteiger partial charge in [-0.25, -0.2) is 4.79 Å². The minimum Gasteiger partial charge on any atom is -0.337 e. The van der Waals surface area contributed by atoms with E-state index >= 15 is 0 Å². The molecule has 1 saturated heterocycles. The summed E-state index contributed by atoms with van der Waals surface area (Å²) in [5.74, 6) is 0.441. The Balaban J connectivity index is 1.48. The first-order chi connectivity index (χ1) is 12.7. The summed E-state index contributed by atoms with van der Waals surface area (Å²) in [4.78, 5) is 33.2. The lowest BCUT2D eigenvalue weighted by Crippen LogP contribution is -2.40. The van der Waals surface area contributed by atoms with Crippen molar-refractivity contribution in [2.75, 3.05) is 13.1 Å². The van der Waals surface area contributed by atoms with E-state index in [2.05, 4.69) is 34.2 Å². The van der Waals surface area contributed by atoms with Crippen molar-refractivity contribution in [1.29, 1.82) is 0 Å². The van der Waals surface area contributed by atoms with Crippen LogP contribution < -0.4 is 5.69 Å². The number of carbonyl (C=O) groups is 1. The molecule has 2 aromatic carbocycles. The molecule has 4 rings (SSSR count). The van der Waals surface area contributed by atoms with Crippen LogP contribution >= 0.6 is 0 Å². The summed E-state index contributed by atoms with van der Waals surface area (Å²) in [5.41, 5.74) is 1.77. The number of para-hydroxylation sites is 1. The summed E-state index contributed by atoms with van der Waals surface area (Å²) >= 11 is 0. The molecule has 1 amide bonds. The third-order valence-corrected chi connectivity index (χ3v) is 5.11. The molecule has 1 aliphatic heterocycles. The molecule has 1 aromatic heterocycles. The SMILES string of the molecule is O=C(c1nc(=O)[nH]c2ccccc12)N1CCC(Cc2ccccc2)CC1. The Labute approximate surface area is 151 Å². The fourth-order valence-electron chi connectivity index (χ4n) is 3.70. The molecule has 1 aliphatic rings. The van der Waals surface area contributed by atoms with Crippen molar-refractivity contribution in [3.05, 3.63) is 76.3 Å². The van der Waals surface area contributed by atoms with Crippen LogP contribution in [0.4, 0.5) is 0 Å². The van der Waals surface area contributed by atoms with Crippen LogP contribution in [-0.2, 0) is 6.42 Å². The lowest BCUT2D eigenvalue weighted by atomic mass is 9.90. The van der Waals surface area contributed by atoms with Crippen LogP contribution in [0.3, 0.4) is 0 Å². The van der Waals surface area contributed by atoms with E-state index in [0.717, 1.165) is 19.3 Å². The van der Waals surface area contributed by atoms with Gasteiger partial charge in [0, 0.05) is 18.5 Å². The van der Waals surface area contributed by atoms with Gasteiger partial charge in [-0.1, -0.05) is 48.5 Å². The average molecular weight is 347 g/mol. The molecule has 26 heavy (non-hydrogen) atoms. The van der Waals surface area contributed by atoms with Crippen molar-refractivity contribution < 1.29 is 4.79 Å². The van der Waals surface area contributed by atoms with Crippen LogP contribution in [-0.4, -0.2) is 33.9 Å². The third-order valence-electron chi connectivity index (χ3n) is 5.11. The highest BCUT2D eigenvalue weighted by molar-refractivity contribution is 6.04. The first-order valence-corrected chi connectivity index (χ1v) is 9.03. The number of piperidine rings is 1. The van der Waals surface area contributed by atoms with Crippen molar-refractivity contribution in [1.82, 2.24) is 14.9 Å². The molecular weight excluding hydrogens is 326 g/mol. The Morgan fingerprint density at radius 3 is 2.50 bits per heavy atom. The van der Waals surface area contributed by atoms with Gasteiger partial charge in [0.15, 0.2) is 0 Å². The molecule has 0 spiro atoms. The van der Waals surface area contributed by atoms with Gasteiger partial charge in [-0.3, -0.25) is 4.79 Å². The first-order valence-electron chi connectivity index (χ1n) is 9.03. The fourth-order valence-corrected chi connectivity index (χ4v) is 3.70. The Morgan fingerprint density at radius 2 is 1.73 bits per heavy atom. The number of aromatic nitrogens is 2. The van der Waals surface area contributed by atoms with E-state index in [1.165, 1.54) is 5.56 Å². The number of amides is 1. The summed E-state index contributed by atoms with van der Waals surface area (Å²) in [5, 5.41) is 0.698. The Bertz CT molecular complexity index is 973. The van der Waals surface area contributed by atoms with E-state index < -0.39 is 5.69 Å². The molecule has 0 unspecified atom stereocenters. The van der Waals surface area contributed by atoms with Gasteiger partial charge in [0.2, 0.25) is 0 Å². The average Bonchev–Trinajstić information content (AvgIpc) is 2.68. The maximum absolute atomic E-state index is 12.9. The Morgan fingerprint density at radius 1 is 1.04 bits per heavy atom. The molecule has 0 radical (unpaired) electrons. The Kier molecular flexibility index (Phi) is 4.52. The zero-order chi connectivity index (χ0) is 17.9. The van der Waals surface area contributed by atoms with E-state index in [0.29, 0.717) is 29.9 Å². The van der Waals surface area contributed by atoms with Crippen LogP contribution in [0.1, 0.15) is 28.9 Å². The van der Waals surface area contributed by atoms with Crippen molar-refractivity contribution in [3.8, 4) is 0 Å². The van der Waals surface area contributed by atoms with E-state index in [1.807, 2.05) is 29.2 Å². The standard InChI is InChI=1S/C21H21N3O2/c25-20(19-17-8-4-5-9-18(17)22-21(26)23-19)24-12-10-16(11-13-24)14-15-6-2-1-3-7-15/h1-9,16H,10-14H2,(H,22,23,26). The number of fused-ring (bicyclic) bond motifs is 1. The largest absolute Gasteiger partial charge is 0.346 e. The number of nitrogens with one attached hydrogen (secondary N) is 1. The first kappa shape index (κ1) is 16.5. The smallest absolute Gasteiger partial charge is 0.337 e. The highest BCUT2D eigenvalue weighted by Crippen LogP contribution is 2.23. The summed E-state index contributed by atoms with van der Waals surface area (Å²) in [6.07, 6.45) is 3.00. The number of H-pyrrole nitrogens is 1. The zero-order valence-corrected chi connectivity index (χ0v) is 14.5. The molecular formula is C21H21N3O2. The van der Waals surface area contributed by atoms with Gasteiger partial charge in [-0.15, -0.1) is 0 Å². The molecule has 132 valence electrons. The van der Waals surface area contributed by atoms with E-state index in [1.54, 1.807) is 6.07 Å². The molecule has 2 heterocycles. The van der Waals surface area contributed by atoms with E-state index in [9.17, 15) is 9.59 Å². The van der Waals surface area contributed by atoms with Gasteiger partial charge >= 0.3 is 5.69 Å². The van der Waals surface area contributed by atoms with Gasteiger partial charge < -0.3 is 9.88 Å². The molecule has 0 atom stereocenters. The molecule has 1 N–H and O–H groups in total. The summed E-state index contributed by atoms with van der Waals surface area (Å²) in [6.45, 7) is 1.41. The van der Waals surface area contributed by atoms with Gasteiger partial charge in [0.1, 0.15) is 5.69 Å². The zero-order valence-electron chi connectivity index (χ0n) is 14.5. The minimum absolute atomic E-state index is 0.148. The third kappa shape index (κ3) is 3.38. The predicted octanol–water partition coefficient (Wildman–Crippen LogP) is 3.02. The molecule has 0 saturated carbocycles. The van der Waals surface area contributed by atoms with E-state index in [4.69, 9.17) is 0 Å². The van der Waals surface area contributed by atoms with Crippen LogP contribution in [0.25, 0.3) is 10.9 Å². The second-order valence-corrected chi connectivity index (χ2v) is 6.86. The highest BCUT2D eigenvalue weighted by atomic mass is 16.2. The number of rotatable bonds is 3. The fraction of sp³-hybridized carbons (Fsp3) is 0.286. The van der Waals surface area contributed by atoms with Crippen molar-refractivity contribution in [3.63, 3.8) is 0 Å². The molecule has 0 bridgehead atoms. The van der Waals surface area contributed by atoms with Crippen molar-refractivity contribution in [2.45, 2.75) is 19.3 Å². The topological polar surface area (TPSA) is 66.1 Å². The quantitative estimate of drug-likeness (QED) is 0.792. The number of hydrogen-bond donors (Lipinski definition) is 1. The van der Waals surface area contributed by atoms with Crippen molar-refractivity contribution in [2.24, 2.45) is 5.92 Å². The molecule has 3 aromatic rings. The molecule has 5 nitrogen and oxygen atoms in total. The van der Waals surface area contributed by atoms with Gasteiger partial charge in [0.05, 0.1) is 5.52 Å². The predicted molar refractivity (Wildman–Crippen MR) is 101 cm³/mol. The summed E-state index contributed by atoms with van der Waals surface area (Å²) in [7, 11) is 0. The monoisotopic (exact) mass is 347 g/mol.